The molecule has 33 heavy (non-hydrogen) atoms. The smallest absolute Gasteiger partial charge is 0.119 e. The predicted octanol–water partition coefficient (Wildman–Crippen LogP) is 6.98. The average Bonchev–Trinajstić information content (AvgIpc) is 3.20. The summed E-state index contributed by atoms with van der Waals surface area (Å²) in [6, 6.07) is 29.0. The van der Waals surface area contributed by atoms with E-state index >= 15 is 0 Å². The minimum Gasteiger partial charge on any atom is -0.497 e. The molecule has 4 heteroatoms. The van der Waals surface area contributed by atoms with Crippen LogP contribution >= 0.6 is 0 Å². The van der Waals surface area contributed by atoms with Crippen LogP contribution in [-0.2, 0) is 0 Å². The topological polar surface area (TPSA) is 32.6 Å². The summed E-state index contributed by atoms with van der Waals surface area (Å²) in [5.74, 6) is 2.54. The van der Waals surface area contributed by atoms with Gasteiger partial charge >= 0.3 is 0 Å². The molecule has 1 aromatic heterocycles. The summed E-state index contributed by atoms with van der Waals surface area (Å²) in [4.78, 5) is 0. The average molecular weight is 436 g/mol. The van der Waals surface area contributed by atoms with Gasteiger partial charge in [0.05, 0.1) is 32.4 Å². The van der Waals surface area contributed by atoms with Gasteiger partial charge in [0.25, 0.3) is 0 Å². The molecule has 0 unspecified atom stereocenters. The summed E-state index contributed by atoms with van der Waals surface area (Å²) in [6.45, 7) is 0. The first-order chi connectivity index (χ1) is 16.2. The van der Waals surface area contributed by atoms with Crippen molar-refractivity contribution in [1.82, 2.24) is 4.57 Å². The number of nitrogens with zero attached hydrogens (tertiary/aromatic N) is 1. The monoisotopic (exact) mass is 435 g/mol. The zero-order chi connectivity index (χ0) is 22.8. The number of aromatic nitrogens is 1. The molecule has 5 aromatic rings. The van der Waals surface area contributed by atoms with E-state index in [9.17, 15) is 0 Å². The second kappa shape index (κ2) is 8.75. The van der Waals surface area contributed by atoms with Gasteiger partial charge in [0.1, 0.15) is 17.2 Å². The largest absolute Gasteiger partial charge is 0.497 e. The van der Waals surface area contributed by atoms with Crippen LogP contribution in [0.25, 0.3) is 39.6 Å². The number of benzene rings is 4. The Hall–Kier alpha value is -4.18. The van der Waals surface area contributed by atoms with Gasteiger partial charge in [-0.3, -0.25) is 0 Å². The van der Waals surface area contributed by atoms with E-state index in [1.165, 1.54) is 5.39 Å². The third-order valence-electron chi connectivity index (χ3n) is 5.91. The fourth-order valence-electron chi connectivity index (χ4n) is 4.17. The maximum absolute atomic E-state index is 5.52. The Balaban J connectivity index is 1.63. The quantitative estimate of drug-likeness (QED) is 0.270. The molecule has 0 radical (unpaired) electrons. The van der Waals surface area contributed by atoms with Gasteiger partial charge in [-0.1, -0.05) is 30.4 Å². The van der Waals surface area contributed by atoms with E-state index in [4.69, 9.17) is 14.2 Å². The summed E-state index contributed by atoms with van der Waals surface area (Å²) in [7, 11) is 5.06. The molecule has 0 fully saturated rings. The molecular formula is C29H25NO3. The van der Waals surface area contributed by atoms with Crippen LogP contribution in [0, 0.1) is 0 Å². The first kappa shape index (κ1) is 20.7. The summed E-state index contributed by atoms with van der Waals surface area (Å²) >= 11 is 0. The Bertz CT molecular complexity index is 1450. The highest BCUT2D eigenvalue weighted by Crippen LogP contribution is 2.35. The van der Waals surface area contributed by atoms with Gasteiger partial charge in [-0.05, 0) is 77.9 Å². The lowest BCUT2D eigenvalue weighted by Gasteiger charge is -2.09. The van der Waals surface area contributed by atoms with Crippen molar-refractivity contribution in [3.05, 3.63) is 96.1 Å². The van der Waals surface area contributed by atoms with Crippen molar-refractivity contribution in [2.24, 2.45) is 0 Å². The molecule has 0 amide bonds. The van der Waals surface area contributed by atoms with E-state index in [1.54, 1.807) is 21.3 Å². The fraction of sp³-hybridized carbons (Fsp3) is 0.103. The normalized spacial score (nSPS) is 11.4. The van der Waals surface area contributed by atoms with E-state index in [2.05, 4.69) is 59.2 Å². The van der Waals surface area contributed by atoms with Gasteiger partial charge in [-0.25, -0.2) is 0 Å². The van der Waals surface area contributed by atoms with Crippen LogP contribution < -0.4 is 14.2 Å². The number of ether oxygens (including phenoxy) is 3. The molecule has 0 aliphatic rings. The van der Waals surface area contributed by atoms with Crippen LogP contribution in [0.1, 0.15) is 11.1 Å². The zero-order valence-corrected chi connectivity index (χ0v) is 18.9. The van der Waals surface area contributed by atoms with Gasteiger partial charge in [-0.15, -0.1) is 0 Å². The second-order valence-electron chi connectivity index (χ2n) is 7.80. The SMILES string of the molecule is COc1ccc(/C=C/c2ccc3c(c2)c2cc(OC)ccc2n3-c2ccc(OC)cc2)cc1. The lowest BCUT2D eigenvalue weighted by molar-refractivity contribution is 0.414. The third-order valence-corrected chi connectivity index (χ3v) is 5.91. The van der Waals surface area contributed by atoms with Crippen molar-refractivity contribution >= 4 is 34.0 Å². The molecule has 0 spiro atoms. The van der Waals surface area contributed by atoms with E-state index in [-0.39, 0.29) is 0 Å². The molecule has 0 saturated carbocycles. The molecule has 5 rings (SSSR count). The highest BCUT2D eigenvalue weighted by atomic mass is 16.5. The first-order valence-electron chi connectivity index (χ1n) is 10.8. The van der Waals surface area contributed by atoms with Crippen LogP contribution in [0.4, 0.5) is 0 Å². The van der Waals surface area contributed by atoms with Crippen molar-refractivity contribution in [2.75, 3.05) is 21.3 Å². The van der Waals surface area contributed by atoms with Gasteiger partial charge in [0.2, 0.25) is 0 Å². The Morgan fingerprint density at radius 3 is 1.64 bits per heavy atom. The van der Waals surface area contributed by atoms with Crippen LogP contribution in [0.5, 0.6) is 17.2 Å². The number of methoxy groups -OCH3 is 3. The number of fused-ring (bicyclic) bond motifs is 3. The number of rotatable bonds is 6. The van der Waals surface area contributed by atoms with Crippen molar-refractivity contribution in [2.45, 2.75) is 0 Å². The Morgan fingerprint density at radius 2 is 1.00 bits per heavy atom. The van der Waals surface area contributed by atoms with Crippen molar-refractivity contribution in [1.29, 1.82) is 0 Å². The molecule has 0 atom stereocenters. The third kappa shape index (κ3) is 3.92. The van der Waals surface area contributed by atoms with Gasteiger partial charge in [-0.2, -0.15) is 0 Å². The van der Waals surface area contributed by atoms with Gasteiger partial charge in [0.15, 0.2) is 0 Å². The lowest BCUT2D eigenvalue weighted by Crippen LogP contribution is -1.94. The predicted molar refractivity (Wildman–Crippen MR) is 136 cm³/mol. The molecule has 0 saturated heterocycles. The minimum atomic E-state index is 0.840. The second-order valence-corrected chi connectivity index (χ2v) is 7.80. The summed E-state index contributed by atoms with van der Waals surface area (Å²) in [5.41, 5.74) is 5.62. The molecule has 0 aliphatic carbocycles. The first-order valence-corrected chi connectivity index (χ1v) is 10.8. The summed E-state index contributed by atoms with van der Waals surface area (Å²) in [5, 5.41) is 2.33. The van der Waals surface area contributed by atoms with Gasteiger partial charge in [0, 0.05) is 16.5 Å². The zero-order valence-electron chi connectivity index (χ0n) is 18.9. The van der Waals surface area contributed by atoms with Crippen LogP contribution in [-0.4, -0.2) is 25.9 Å². The summed E-state index contributed by atoms with van der Waals surface area (Å²) in [6.07, 6.45) is 4.25. The number of hydrogen-bond acceptors (Lipinski definition) is 3. The Kier molecular flexibility index (Phi) is 5.49. The van der Waals surface area contributed by atoms with Crippen LogP contribution in [0.15, 0.2) is 84.9 Å². The van der Waals surface area contributed by atoms with E-state index < -0.39 is 0 Å². The van der Waals surface area contributed by atoms with E-state index in [0.29, 0.717) is 0 Å². The molecule has 4 nitrogen and oxygen atoms in total. The maximum Gasteiger partial charge on any atom is 0.119 e. The lowest BCUT2D eigenvalue weighted by atomic mass is 10.1. The Labute approximate surface area is 193 Å². The van der Waals surface area contributed by atoms with Crippen molar-refractivity contribution in [3.8, 4) is 22.9 Å². The highest BCUT2D eigenvalue weighted by Gasteiger charge is 2.13. The molecule has 4 aromatic carbocycles. The molecule has 1 heterocycles. The molecule has 0 N–H and O–H groups in total. The highest BCUT2D eigenvalue weighted by molar-refractivity contribution is 6.10. The van der Waals surface area contributed by atoms with Crippen LogP contribution in [0.3, 0.4) is 0 Å². The minimum absolute atomic E-state index is 0.840. The van der Waals surface area contributed by atoms with E-state index in [1.807, 2.05) is 42.5 Å². The summed E-state index contributed by atoms with van der Waals surface area (Å²) < 4.78 is 18.4. The molecule has 0 aliphatic heterocycles. The van der Waals surface area contributed by atoms with E-state index in [0.717, 1.165) is 50.5 Å². The molecule has 0 bridgehead atoms. The Morgan fingerprint density at radius 1 is 0.515 bits per heavy atom. The van der Waals surface area contributed by atoms with Gasteiger partial charge < -0.3 is 18.8 Å². The number of hydrogen-bond donors (Lipinski definition) is 0. The fourth-order valence-corrected chi connectivity index (χ4v) is 4.17. The van der Waals surface area contributed by atoms with Crippen LogP contribution in [0.2, 0.25) is 0 Å². The maximum atomic E-state index is 5.52. The molecule has 164 valence electrons. The standard InChI is InChI=1S/C29H25NO3/c1-31-23-11-6-20(7-12-23)4-5-21-8-16-28-26(18-21)27-19-25(33-3)15-17-29(27)30(28)22-9-13-24(32-2)14-10-22/h4-19H,1-3H3/b5-4+. The van der Waals surface area contributed by atoms with Crippen molar-refractivity contribution in [3.63, 3.8) is 0 Å². The molecular weight excluding hydrogens is 410 g/mol. The van der Waals surface area contributed by atoms with Crippen molar-refractivity contribution < 1.29 is 14.2 Å².